The molecule has 0 bridgehead atoms. The molecule has 30 heavy (non-hydrogen) atoms. The summed E-state index contributed by atoms with van der Waals surface area (Å²) in [6.45, 7) is 2.09. The normalized spacial score (nSPS) is 11.3. The molecule has 4 rings (SSSR count). The molecule has 8 heteroatoms. The molecule has 0 N–H and O–H groups in total. The van der Waals surface area contributed by atoms with Crippen LogP contribution in [0.1, 0.15) is 32.1 Å². The molecular weight excluding hydrogens is 422 g/mol. The van der Waals surface area contributed by atoms with Crippen LogP contribution in [0.5, 0.6) is 0 Å². The first-order valence-electron chi connectivity index (χ1n) is 9.04. The lowest BCUT2D eigenvalue weighted by molar-refractivity contribution is 0.0478. The summed E-state index contributed by atoms with van der Waals surface area (Å²) in [5.74, 6) is -0.540. The molecule has 0 spiro atoms. The lowest BCUT2D eigenvalue weighted by Crippen LogP contribution is -2.14. The Morgan fingerprint density at radius 2 is 2.13 bits per heavy atom. The maximum atomic E-state index is 12.6. The topological polar surface area (TPSA) is 73.6 Å². The highest BCUT2D eigenvalue weighted by Gasteiger charge is 2.17. The number of aryl methyl sites for hydroxylation is 1. The first-order chi connectivity index (χ1) is 14.5. The van der Waals surface area contributed by atoms with Crippen molar-refractivity contribution in [2.45, 2.75) is 13.5 Å². The number of benzene rings is 1. The largest absolute Gasteiger partial charge is 0.457 e. The zero-order chi connectivity index (χ0) is 21.1. The van der Waals surface area contributed by atoms with Gasteiger partial charge in [0.25, 0.3) is 5.56 Å². The lowest BCUT2D eigenvalue weighted by Gasteiger charge is -2.01. The molecule has 3 heterocycles. The molecule has 0 aliphatic carbocycles. The van der Waals surface area contributed by atoms with E-state index in [0.29, 0.717) is 10.7 Å². The summed E-state index contributed by atoms with van der Waals surface area (Å²) in [5, 5.41) is -0.00974. The Morgan fingerprint density at radius 3 is 2.90 bits per heavy atom. The molecule has 4 aromatic rings. The first-order valence-corrected chi connectivity index (χ1v) is 10.2. The quantitative estimate of drug-likeness (QED) is 0.425. The second-order valence-electron chi connectivity index (χ2n) is 6.55. The van der Waals surface area contributed by atoms with Gasteiger partial charge in [-0.1, -0.05) is 64.9 Å². The lowest BCUT2D eigenvalue weighted by atomic mass is 10.1. The van der Waals surface area contributed by atoms with Gasteiger partial charge >= 0.3 is 5.97 Å². The molecule has 0 radical (unpaired) electrons. The monoisotopic (exact) mass is 437 g/mol. The summed E-state index contributed by atoms with van der Waals surface area (Å²) in [5.41, 5.74) is 2.78. The number of carbonyl (C=O) groups is 1. The van der Waals surface area contributed by atoms with Gasteiger partial charge in [0.05, 0.1) is 5.69 Å². The van der Waals surface area contributed by atoms with E-state index in [1.807, 2.05) is 43.3 Å². The molecule has 150 valence electrons. The van der Waals surface area contributed by atoms with E-state index in [0.717, 1.165) is 28.0 Å². The predicted molar refractivity (Wildman–Crippen MR) is 118 cm³/mol. The van der Waals surface area contributed by atoms with Crippen molar-refractivity contribution in [3.05, 3.63) is 97.6 Å². The second-order valence-corrected chi connectivity index (χ2v) is 7.94. The van der Waals surface area contributed by atoms with Gasteiger partial charge in [0.15, 0.2) is 4.96 Å². The fourth-order valence-electron chi connectivity index (χ4n) is 2.79. The van der Waals surface area contributed by atoms with Crippen molar-refractivity contribution >= 4 is 46.0 Å². The van der Waals surface area contributed by atoms with Crippen molar-refractivity contribution in [3.63, 3.8) is 0 Å². The Kier molecular flexibility index (Phi) is 5.74. The number of thiazole rings is 1. The number of rotatable bonds is 5. The number of aromatic nitrogens is 3. The number of carbonyl (C=O) groups excluding carboxylic acids is 1. The van der Waals surface area contributed by atoms with Gasteiger partial charge in [-0.15, -0.1) is 0 Å². The molecule has 1 aromatic carbocycles. The van der Waals surface area contributed by atoms with Gasteiger partial charge in [-0.05, 0) is 24.6 Å². The van der Waals surface area contributed by atoms with Gasteiger partial charge in [0, 0.05) is 24.2 Å². The van der Waals surface area contributed by atoms with Crippen molar-refractivity contribution < 1.29 is 9.53 Å². The van der Waals surface area contributed by atoms with E-state index < -0.39 is 11.5 Å². The maximum absolute atomic E-state index is 12.6. The van der Waals surface area contributed by atoms with Gasteiger partial charge in [-0.25, -0.2) is 9.78 Å². The van der Waals surface area contributed by atoms with E-state index in [1.165, 1.54) is 10.6 Å². The Labute approximate surface area is 181 Å². The molecule has 0 atom stereocenters. The van der Waals surface area contributed by atoms with Gasteiger partial charge in [0.1, 0.15) is 16.5 Å². The molecule has 6 nitrogen and oxygen atoms in total. The van der Waals surface area contributed by atoms with Crippen LogP contribution in [0.2, 0.25) is 5.02 Å². The van der Waals surface area contributed by atoms with Crippen molar-refractivity contribution in [1.29, 1.82) is 0 Å². The molecule has 0 aliphatic heterocycles. The van der Waals surface area contributed by atoms with Gasteiger partial charge < -0.3 is 4.74 Å². The van der Waals surface area contributed by atoms with Crippen LogP contribution in [0.15, 0.2) is 59.8 Å². The van der Waals surface area contributed by atoms with Crippen molar-refractivity contribution in [1.82, 2.24) is 14.4 Å². The molecule has 0 aliphatic rings. The Morgan fingerprint density at radius 1 is 1.27 bits per heavy atom. The minimum Gasteiger partial charge on any atom is -0.457 e. The van der Waals surface area contributed by atoms with Gasteiger partial charge in [-0.2, -0.15) is 0 Å². The average Bonchev–Trinajstić information content (AvgIpc) is 3.19. The summed E-state index contributed by atoms with van der Waals surface area (Å²) >= 11 is 7.30. The van der Waals surface area contributed by atoms with E-state index in [4.69, 9.17) is 16.3 Å². The van der Waals surface area contributed by atoms with E-state index in [1.54, 1.807) is 24.5 Å². The zero-order valence-electron chi connectivity index (χ0n) is 15.9. The third kappa shape index (κ3) is 4.32. The Bertz CT molecular complexity index is 1310. The van der Waals surface area contributed by atoms with Crippen molar-refractivity contribution in [3.8, 4) is 0 Å². The highest BCUT2D eigenvalue weighted by Crippen LogP contribution is 2.21. The molecule has 0 saturated carbocycles. The Hall–Kier alpha value is -3.29. The van der Waals surface area contributed by atoms with E-state index >= 15 is 0 Å². The molecule has 0 fully saturated rings. The third-order valence-corrected chi connectivity index (χ3v) is 5.59. The number of pyridine rings is 1. The standard InChI is InChI=1S/C22H16ClN3O3S/c1-14-4-2-5-15(10-14)7-8-17-19(23)20(27)26-12-18(30-22(26)25-17)21(28)29-13-16-6-3-9-24-11-16/h2-12H,13H2,1H3. The minimum absolute atomic E-state index is 0.00974. The predicted octanol–water partition coefficient (Wildman–Crippen LogP) is 4.64. The zero-order valence-corrected chi connectivity index (χ0v) is 17.5. The molecule has 0 saturated heterocycles. The summed E-state index contributed by atoms with van der Waals surface area (Å²) in [4.78, 5) is 34.1. The summed E-state index contributed by atoms with van der Waals surface area (Å²) in [6, 6.07) is 11.5. The van der Waals surface area contributed by atoms with Crippen molar-refractivity contribution in [2.24, 2.45) is 0 Å². The highest BCUT2D eigenvalue weighted by atomic mass is 35.5. The van der Waals surface area contributed by atoms with Crippen molar-refractivity contribution in [2.75, 3.05) is 0 Å². The molecule has 0 amide bonds. The van der Waals surface area contributed by atoms with Gasteiger partial charge in [0.2, 0.25) is 0 Å². The van der Waals surface area contributed by atoms with Crippen LogP contribution in [0.25, 0.3) is 17.1 Å². The fourth-order valence-corrected chi connectivity index (χ4v) is 3.86. The van der Waals surface area contributed by atoms with Crippen LogP contribution >= 0.6 is 22.9 Å². The number of nitrogens with zero attached hydrogens (tertiary/aromatic N) is 3. The van der Waals surface area contributed by atoms with E-state index in [-0.39, 0.29) is 16.5 Å². The summed E-state index contributed by atoms with van der Waals surface area (Å²) in [6.07, 6.45) is 8.20. The SMILES string of the molecule is Cc1cccc(C=Cc2nc3sc(C(=O)OCc4cccnc4)cn3c(=O)c2Cl)c1. The highest BCUT2D eigenvalue weighted by molar-refractivity contribution is 7.18. The number of hydrogen-bond donors (Lipinski definition) is 0. The smallest absolute Gasteiger partial charge is 0.350 e. The molecule has 0 unspecified atom stereocenters. The number of hydrogen-bond acceptors (Lipinski definition) is 6. The number of fused-ring (bicyclic) bond motifs is 1. The van der Waals surface area contributed by atoms with E-state index in [2.05, 4.69) is 9.97 Å². The van der Waals surface area contributed by atoms with Crippen LogP contribution in [0, 0.1) is 6.92 Å². The molecule has 3 aromatic heterocycles. The van der Waals surface area contributed by atoms with Crippen LogP contribution in [0.4, 0.5) is 0 Å². The van der Waals surface area contributed by atoms with Crippen LogP contribution in [-0.4, -0.2) is 20.3 Å². The number of halogens is 1. The van der Waals surface area contributed by atoms with Gasteiger partial charge in [-0.3, -0.25) is 14.2 Å². The fraction of sp³-hybridized carbons (Fsp3) is 0.0909. The second kappa shape index (κ2) is 8.61. The van der Waals surface area contributed by atoms with Crippen LogP contribution in [-0.2, 0) is 11.3 Å². The minimum atomic E-state index is -0.540. The Balaban J connectivity index is 1.60. The average molecular weight is 438 g/mol. The third-order valence-electron chi connectivity index (χ3n) is 4.27. The van der Waals surface area contributed by atoms with Crippen LogP contribution in [0.3, 0.4) is 0 Å². The number of ether oxygens (including phenoxy) is 1. The number of esters is 1. The molecular formula is C22H16ClN3O3S. The van der Waals surface area contributed by atoms with E-state index in [9.17, 15) is 9.59 Å². The van der Waals surface area contributed by atoms with Crippen LogP contribution < -0.4 is 5.56 Å². The summed E-state index contributed by atoms with van der Waals surface area (Å²) in [7, 11) is 0. The first kappa shape index (κ1) is 20.0. The summed E-state index contributed by atoms with van der Waals surface area (Å²) < 4.78 is 6.56. The maximum Gasteiger partial charge on any atom is 0.350 e.